The van der Waals surface area contributed by atoms with Gasteiger partial charge in [-0.05, 0) is 18.6 Å². The zero-order chi connectivity index (χ0) is 19.1. The average Bonchev–Trinajstić information content (AvgIpc) is 3.15. The lowest BCUT2D eigenvalue weighted by Crippen LogP contribution is -2.47. The molecule has 0 aliphatic carbocycles. The van der Waals surface area contributed by atoms with Crippen LogP contribution >= 0.6 is 0 Å². The van der Waals surface area contributed by atoms with E-state index in [2.05, 4.69) is 10.4 Å². The lowest BCUT2D eigenvalue weighted by atomic mass is 10.1. The standard InChI is InChI=1S/C18H22N4O4/c1-13(22-10-6-9-19-22)17(24)21(2)12-16(23)20-15(18(25)26)11-14-7-4-3-5-8-14/h3-10,13,15H,11-12H2,1-2H3,(H,20,23)(H,25,26)/t13?,15-/m0/s1. The van der Waals surface area contributed by atoms with E-state index in [0.717, 1.165) is 5.56 Å². The fourth-order valence-electron chi connectivity index (χ4n) is 2.53. The average molecular weight is 358 g/mol. The number of hydrogen-bond donors (Lipinski definition) is 2. The number of carbonyl (C=O) groups is 3. The molecule has 0 bridgehead atoms. The Morgan fingerprint density at radius 1 is 1.23 bits per heavy atom. The molecule has 2 amide bonds. The Morgan fingerprint density at radius 2 is 1.92 bits per heavy atom. The normalized spacial score (nSPS) is 12.8. The highest BCUT2D eigenvalue weighted by Crippen LogP contribution is 2.07. The van der Waals surface area contributed by atoms with Crippen LogP contribution in [0.1, 0.15) is 18.5 Å². The molecule has 0 radical (unpaired) electrons. The summed E-state index contributed by atoms with van der Waals surface area (Å²) >= 11 is 0. The van der Waals surface area contributed by atoms with Crippen molar-refractivity contribution in [3.63, 3.8) is 0 Å². The Labute approximate surface area is 151 Å². The molecule has 1 heterocycles. The topological polar surface area (TPSA) is 105 Å². The summed E-state index contributed by atoms with van der Waals surface area (Å²) in [7, 11) is 1.49. The van der Waals surface area contributed by atoms with Crippen LogP contribution in [-0.2, 0) is 20.8 Å². The minimum Gasteiger partial charge on any atom is -0.480 e. The SMILES string of the molecule is CC(C(=O)N(C)CC(=O)N[C@@H](Cc1ccccc1)C(=O)O)n1cccn1. The number of nitrogens with zero attached hydrogens (tertiary/aromatic N) is 3. The highest BCUT2D eigenvalue weighted by molar-refractivity contribution is 5.88. The van der Waals surface area contributed by atoms with Crippen molar-refractivity contribution >= 4 is 17.8 Å². The van der Waals surface area contributed by atoms with Gasteiger partial charge < -0.3 is 15.3 Å². The van der Waals surface area contributed by atoms with E-state index >= 15 is 0 Å². The zero-order valence-corrected chi connectivity index (χ0v) is 14.7. The first kappa shape index (κ1) is 19.2. The van der Waals surface area contributed by atoms with Crippen molar-refractivity contribution in [2.75, 3.05) is 13.6 Å². The molecule has 2 atom stereocenters. The van der Waals surface area contributed by atoms with Crippen LogP contribution in [0.2, 0.25) is 0 Å². The third kappa shape index (κ3) is 5.17. The molecule has 0 fully saturated rings. The van der Waals surface area contributed by atoms with Crippen molar-refractivity contribution in [2.45, 2.75) is 25.4 Å². The van der Waals surface area contributed by atoms with Crippen LogP contribution in [0, 0.1) is 0 Å². The van der Waals surface area contributed by atoms with E-state index in [4.69, 9.17) is 0 Å². The van der Waals surface area contributed by atoms with Gasteiger partial charge in [0, 0.05) is 25.9 Å². The van der Waals surface area contributed by atoms with Crippen LogP contribution in [0.4, 0.5) is 0 Å². The molecule has 138 valence electrons. The second-order valence-electron chi connectivity index (χ2n) is 6.00. The van der Waals surface area contributed by atoms with Crippen molar-refractivity contribution in [2.24, 2.45) is 0 Å². The van der Waals surface area contributed by atoms with Crippen molar-refractivity contribution in [3.05, 3.63) is 54.4 Å². The molecule has 8 nitrogen and oxygen atoms in total. The van der Waals surface area contributed by atoms with Gasteiger partial charge in [0.05, 0.1) is 6.54 Å². The van der Waals surface area contributed by atoms with Crippen LogP contribution in [0.15, 0.2) is 48.8 Å². The molecular formula is C18H22N4O4. The van der Waals surface area contributed by atoms with Gasteiger partial charge in [-0.1, -0.05) is 30.3 Å². The number of carboxylic acid groups (broad SMARTS) is 1. The molecule has 1 unspecified atom stereocenters. The summed E-state index contributed by atoms with van der Waals surface area (Å²) in [6.07, 6.45) is 3.40. The number of carbonyl (C=O) groups excluding carboxylic acids is 2. The quantitative estimate of drug-likeness (QED) is 0.723. The van der Waals surface area contributed by atoms with Gasteiger partial charge in [0.1, 0.15) is 12.1 Å². The second-order valence-corrected chi connectivity index (χ2v) is 6.00. The Morgan fingerprint density at radius 3 is 2.50 bits per heavy atom. The van der Waals surface area contributed by atoms with Crippen molar-refractivity contribution in [3.8, 4) is 0 Å². The molecule has 0 saturated heterocycles. The molecule has 0 aliphatic rings. The minimum absolute atomic E-state index is 0.170. The van der Waals surface area contributed by atoms with E-state index in [0.29, 0.717) is 0 Å². The molecule has 0 aliphatic heterocycles. The van der Waals surface area contributed by atoms with Crippen LogP contribution in [0.25, 0.3) is 0 Å². The maximum absolute atomic E-state index is 12.4. The third-order valence-corrected chi connectivity index (χ3v) is 3.95. The van der Waals surface area contributed by atoms with Gasteiger partial charge in [-0.3, -0.25) is 14.3 Å². The molecule has 0 saturated carbocycles. The molecule has 2 rings (SSSR count). The Balaban J connectivity index is 1.92. The lowest BCUT2D eigenvalue weighted by Gasteiger charge is -2.22. The van der Waals surface area contributed by atoms with Crippen LogP contribution in [-0.4, -0.2) is 57.2 Å². The van der Waals surface area contributed by atoms with Gasteiger partial charge in [-0.2, -0.15) is 5.10 Å². The van der Waals surface area contributed by atoms with Crippen molar-refractivity contribution < 1.29 is 19.5 Å². The minimum atomic E-state index is -1.12. The van der Waals surface area contributed by atoms with Crippen molar-refractivity contribution in [1.29, 1.82) is 0 Å². The fourth-order valence-corrected chi connectivity index (χ4v) is 2.53. The van der Waals surface area contributed by atoms with E-state index in [1.165, 1.54) is 16.6 Å². The molecule has 26 heavy (non-hydrogen) atoms. The Hall–Kier alpha value is -3.16. The van der Waals surface area contributed by atoms with Gasteiger partial charge in [-0.15, -0.1) is 0 Å². The molecule has 1 aromatic carbocycles. The van der Waals surface area contributed by atoms with Gasteiger partial charge in [0.25, 0.3) is 0 Å². The van der Waals surface area contributed by atoms with E-state index < -0.39 is 24.0 Å². The molecule has 8 heteroatoms. The number of aliphatic carboxylic acids is 1. The van der Waals surface area contributed by atoms with Gasteiger partial charge in [0.2, 0.25) is 11.8 Å². The maximum atomic E-state index is 12.4. The van der Waals surface area contributed by atoms with E-state index in [1.54, 1.807) is 49.6 Å². The molecule has 2 aromatic rings. The van der Waals surface area contributed by atoms with E-state index in [9.17, 15) is 19.5 Å². The van der Waals surface area contributed by atoms with E-state index in [1.807, 2.05) is 6.07 Å². The summed E-state index contributed by atoms with van der Waals surface area (Å²) in [6.45, 7) is 1.45. The first-order chi connectivity index (χ1) is 12.4. The smallest absolute Gasteiger partial charge is 0.326 e. The second kappa shape index (κ2) is 8.80. The summed E-state index contributed by atoms with van der Waals surface area (Å²) < 4.78 is 1.49. The zero-order valence-electron chi connectivity index (χ0n) is 14.7. The number of nitrogens with one attached hydrogen (secondary N) is 1. The van der Waals surface area contributed by atoms with E-state index in [-0.39, 0.29) is 18.9 Å². The molecule has 1 aromatic heterocycles. The molecule has 0 spiro atoms. The largest absolute Gasteiger partial charge is 0.480 e. The summed E-state index contributed by atoms with van der Waals surface area (Å²) in [4.78, 5) is 37.2. The number of hydrogen-bond acceptors (Lipinski definition) is 4. The predicted molar refractivity (Wildman–Crippen MR) is 94.3 cm³/mol. The summed E-state index contributed by atoms with van der Waals surface area (Å²) in [5.74, 6) is -1.95. The first-order valence-electron chi connectivity index (χ1n) is 8.18. The summed E-state index contributed by atoms with van der Waals surface area (Å²) in [5, 5.41) is 15.8. The maximum Gasteiger partial charge on any atom is 0.326 e. The van der Waals surface area contributed by atoms with Gasteiger partial charge in [-0.25, -0.2) is 4.79 Å². The number of benzene rings is 1. The highest BCUT2D eigenvalue weighted by atomic mass is 16.4. The monoisotopic (exact) mass is 358 g/mol. The Kier molecular flexibility index (Phi) is 6.48. The number of likely N-dealkylation sites (N-methyl/N-ethyl adjacent to an activating group) is 1. The first-order valence-corrected chi connectivity index (χ1v) is 8.18. The summed E-state index contributed by atoms with van der Waals surface area (Å²) in [6, 6.07) is 9.13. The van der Waals surface area contributed by atoms with Crippen LogP contribution < -0.4 is 5.32 Å². The lowest BCUT2D eigenvalue weighted by molar-refractivity contribution is -0.142. The number of carboxylic acids is 1. The van der Waals surface area contributed by atoms with Gasteiger partial charge in [0.15, 0.2) is 0 Å². The summed E-state index contributed by atoms with van der Waals surface area (Å²) in [5.41, 5.74) is 0.803. The fraction of sp³-hybridized carbons (Fsp3) is 0.333. The van der Waals surface area contributed by atoms with Crippen LogP contribution in [0.3, 0.4) is 0 Å². The number of aromatic nitrogens is 2. The predicted octanol–water partition coefficient (Wildman–Crippen LogP) is 0.715. The van der Waals surface area contributed by atoms with Gasteiger partial charge >= 0.3 is 5.97 Å². The Bertz CT molecular complexity index is 746. The van der Waals surface area contributed by atoms with Crippen LogP contribution in [0.5, 0.6) is 0 Å². The highest BCUT2D eigenvalue weighted by Gasteiger charge is 2.24. The number of amides is 2. The van der Waals surface area contributed by atoms with Crippen molar-refractivity contribution in [1.82, 2.24) is 20.0 Å². The number of rotatable bonds is 8. The third-order valence-electron chi connectivity index (χ3n) is 3.95. The molecule has 2 N–H and O–H groups in total. The molecular weight excluding hydrogens is 336 g/mol.